The van der Waals surface area contributed by atoms with Crippen molar-refractivity contribution in [2.45, 2.75) is 4.90 Å². The average molecular weight is 445 g/mol. The Morgan fingerprint density at radius 3 is 2.14 bits per heavy atom. The van der Waals surface area contributed by atoms with Gasteiger partial charge in [0, 0.05) is 10.5 Å². The van der Waals surface area contributed by atoms with Crippen LogP contribution in [-0.4, -0.2) is 8.42 Å². The summed E-state index contributed by atoms with van der Waals surface area (Å²) in [6.07, 6.45) is 0. The SMILES string of the molecule is O=S(=O)(Nc1ccc(Br)c(F)c1)c1c(F)cc(F)cc1Br. The Kier molecular flexibility index (Phi) is 4.64. The van der Waals surface area contributed by atoms with E-state index in [1.54, 1.807) is 0 Å². The van der Waals surface area contributed by atoms with Gasteiger partial charge in [0.2, 0.25) is 0 Å². The van der Waals surface area contributed by atoms with Crippen LogP contribution in [0.5, 0.6) is 0 Å². The summed E-state index contributed by atoms with van der Waals surface area (Å²) in [5.74, 6) is -2.87. The Morgan fingerprint density at radius 2 is 1.57 bits per heavy atom. The van der Waals surface area contributed by atoms with Crippen LogP contribution in [-0.2, 0) is 10.0 Å². The standard InChI is InChI=1S/C12H6Br2F3NO2S/c13-8-2-1-7(5-10(8)16)18-21(19,20)12-9(14)3-6(15)4-11(12)17/h1-5,18H. The second-order valence-electron chi connectivity index (χ2n) is 3.93. The Hall–Kier alpha value is -1.06. The van der Waals surface area contributed by atoms with Gasteiger partial charge < -0.3 is 0 Å². The van der Waals surface area contributed by atoms with Crippen LogP contribution < -0.4 is 4.72 Å². The Bertz CT molecular complexity index is 789. The highest BCUT2D eigenvalue weighted by molar-refractivity contribution is 9.10. The third-order valence-corrected chi connectivity index (χ3v) is 5.39. The van der Waals surface area contributed by atoms with E-state index in [4.69, 9.17) is 0 Å². The number of nitrogens with one attached hydrogen (secondary N) is 1. The maximum absolute atomic E-state index is 13.7. The first-order valence-electron chi connectivity index (χ1n) is 5.33. The molecule has 0 aromatic heterocycles. The molecule has 0 unspecified atom stereocenters. The lowest BCUT2D eigenvalue weighted by Crippen LogP contribution is -2.15. The summed E-state index contributed by atoms with van der Waals surface area (Å²) in [6.45, 7) is 0. The van der Waals surface area contributed by atoms with Gasteiger partial charge in [-0.3, -0.25) is 4.72 Å². The van der Waals surface area contributed by atoms with Gasteiger partial charge in [-0.2, -0.15) is 0 Å². The fraction of sp³-hybridized carbons (Fsp3) is 0. The molecule has 0 bridgehead atoms. The van der Waals surface area contributed by atoms with Gasteiger partial charge in [-0.15, -0.1) is 0 Å². The molecule has 2 aromatic carbocycles. The normalized spacial score (nSPS) is 11.5. The zero-order chi connectivity index (χ0) is 15.8. The van der Waals surface area contributed by atoms with Gasteiger partial charge in [0.1, 0.15) is 22.3 Å². The Balaban J connectivity index is 2.46. The van der Waals surface area contributed by atoms with E-state index in [1.165, 1.54) is 12.1 Å². The van der Waals surface area contributed by atoms with E-state index in [2.05, 4.69) is 31.9 Å². The smallest absolute Gasteiger partial charge is 0.265 e. The van der Waals surface area contributed by atoms with Gasteiger partial charge in [0.25, 0.3) is 10.0 Å². The first-order chi connectivity index (χ1) is 9.70. The van der Waals surface area contributed by atoms with Crippen molar-refractivity contribution in [3.63, 3.8) is 0 Å². The minimum atomic E-state index is -4.34. The number of rotatable bonds is 3. The van der Waals surface area contributed by atoms with Crippen LogP contribution in [0.1, 0.15) is 0 Å². The van der Waals surface area contributed by atoms with Gasteiger partial charge in [0.05, 0.1) is 10.2 Å². The molecule has 0 heterocycles. The molecule has 9 heteroatoms. The Labute approximate surface area is 135 Å². The molecule has 0 spiro atoms. The van der Waals surface area contributed by atoms with E-state index >= 15 is 0 Å². The molecule has 0 aliphatic heterocycles. The van der Waals surface area contributed by atoms with Gasteiger partial charge in [-0.25, -0.2) is 21.6 Å². The van der Waals surface area contributed by atoms with Crippen molar-refractivity contribution < 1.29 is 21.6 Å². The lowest BCUT2D eigenvalue weighted by atomic mass is 10.3. The first-order valence-corrected chi connectivity index (χ1v) is 8.40. The predicted octanol–water partition coefficient (Wildman–Crippen LogP) is 4.43. The molecule has 2 rings (SSSR count). The Morgan fingerprint density at radius 1 is 0.905 bits per heavy atom. The molecule has 0 amide bonds. The zero-order valence-corrected chi connectivity index (χ0v) is 14.0. The quantitative estimate of drug-likeness (QED) is 0.761. The van der Waals surface area contributed by atoms with Crippen LogP contribution in [0.3, 0.4) is 0 Å². The molecule has 0 atom stereocenters. The van der Waals surface area contributed by atoms with Crippen LogP contribution in [0.15, 0.2) is 44.2 Å². The molecule has 0 radical (unpaired) electrons. The lowest BCUT2D eigenvalue weighted by Gasteiger charge is -2.11. The molecule has 0 fully saturated rings. The molecular weight excluding hydrogens is 439 g/mol. The van der Waals surface area contributed by atoms with Crippen molar-refractivity contribution in [1.82, 2.24) is 0 Å². The summed E-state index contributed by atoms with van der Waals surface area (Å²) in [7, 11) is -4.34. The van der Waals surface area contributed by atoms with Gasteiger partial charge in [-0.05, 0) is 56.1 Å². The molecule has 0 aliphatic carbocycles. The van der Waals surface area contributed by atoms with Crippen molar-refractivity contribution in [3.05, 3.63) is 56.7 Å². The van der Waals surface area contributed by atoms with Crippen molar-refractivity contribution >= 4 is 47.6 Å². The molecule has 1 N–H and O–H groups in total. The summed E-state index contributed by atoms with van der Waals surface area (Å²) in [5.41, 5.74) is -0.0914. The number of hydrogen-bond acceptors (Lipinski definition) is 2. The summed E-state index contributed by atoms with van der Waals surface area (Å²) in [6, 6.07) is 4.78. The summed E-state index contributed by atoms with van der Waals surface area (Å²) in [4.78, 5) is -0.757. The van der Waals surface area contributed by atoms with Crippen LogP contribution in [0.25, 0.3) is 0 Å². The molecule has 0 saturated carbocycles. The first kappa shape index (κ1) is 16.3. The third-order valence-electron chi connectivity index (χ3n) is 2.40. The molecule has 3 nitrogen and oxygen atoms in total. The van der Waals surface area contributed by atoms with Crippen LogP contribution in [0, 0.1) is 17.5 Å². The largest absolute Gasteiger partial charge is 0.279 e. The van der Waals surface area contributed by atoms with Gasteiger partial charge in [0.15, 0.2) is 0 Å². The molecule has 0 aliphatic rings. The number of sulfonamides is 1. The van der Waals surface area contributed by atoms with Crippen LogP contribution in [0.4, 0.5) is 18.9 Å². The third kappa shape index (κ3) is 3.58. The van der Waals surface area contributed by atoms with E-state index in [-0.39, 0.29) is 14.6 Å². The van der Waals surface area contributed by atoms with Gasteiger partial charge >= 0.3 is 0 Å². The zero-order valence-electron chi connectivity index (χ0n) is 10.0. The fourth-order valence-corrected chi connectivity index (χ4v) is 4.02. The summed E-state index contributed by atoms with van der Waals surface area (Å²) < 4.78 is 66.1. The lowest BCUT2D eigenvalue weighted by molar-refractivity contribution is 0.548. The maximum Gasteiger partial charge on any atom is 0.265 e. The van der Waals surface area contributed by atoms with Gasteiger partial charge in [-0.1, -0.05) is 0 Å². The number of halogens is 5. The van der Waals surface area contributed by atoms with E-state index < -0.39 is 32.4 Å². The highest BCUT2D eigenvalue weighted by Crippen LogP contribution is 2.28. The van der Waals surface area contributed by atoms with E-state index in [0.717, 1.165) is 12.1 Å². The van der Waals surface area contributed by atoms with Crippen LogP contribution >= 0.6 is 31.9 Å². The predicted molar refractivity (Wildman–Crippen MR) is 79.0 cm³/mol. The highest BCUT2D eigenvalue weighted by atomic mass is 79.9. The molecular formula is C12H6Br2F3NO2S. The van der Waals surface area contributed by atoms with Crippen LogP contribution in [0.2, 0.25) is 0 Å². The average Bonchev–Trinajstić information content (AvgIpc) is 2.31. The second kappa shape index (κ2) is 5.98. The highest BCUT2D eigenvalue weighted by Gasteiger charge is 2.24. The minimum absolute atomic E-state index is 0.0914. The maximum atomic E-state index is 13.7. The van der Waals surface area contributed by atoms with Crippen molar-refractivity contribution in [3.8, 4) is 0 Å². The monoisotopic (exact) mass is 443 g/mol. The summed E-state index contributed by atoms with van der Waals surface area (Å²) >= 11 is 5.72. The van der Waals surface area contributed by atoms with E-state index in [0.29, 0.717) is 6.07 Å². The number of hydrogen-bond donors (Lipinski definition) is 1. The van der Waals surface area contributed by atoms with E-state index in [9.17, 15) is 21.6 Å². The molecule has 2 aromatic rings. The molecule has 21 heavy (non-hydrogen) atoms. The number of anilines is 1. The fourth-order valence-electron chi connectivity index (χ4n) is 1.55. The van der Waals surface area contributed by atoms with E-state index in [1.807, 2.05) is 4.72 Å². The van der Waals surface area contributed by atoms with Crippen molar-refractivity contribution in [2.75, 3.05) is 4.72 Å². The van der Waals surface area contributed by atoms with Crippen molar-refractivity contribution in [2.24, 2.45) is 0 Å². The van der Waals surface area contributed by atoms with Crippen molar-refractivity contribution in [1.29, 1.82) is 0 Å². The molecule has 0 saturated heterocycles. The summed E-state index contributed by atoms with van der Waals surface area (Å²) in [5, 5.41) is 0. The molecule has 112 valence electrons. The minimum Gasteiger partial charge on any atom is -0.279 e. The second-order valence-corrected chi connectivity index (χ2v) is 7.26. The topological polar surface area (TPSA) is 46.2 Å². The number of benzene rings is 2.